The second-order valence-corrected chi connectivity index (χ2v) is 5.95. The summed E-state index contributed by atoms with van der Waals surface area (Å²) in [5.41, 5.74) is 5.81. The Morgan fingerprint density at radius 1 is 1.54 bits per heavy atom. The molecule has 1 aliphatic rings. The molecule has 0 aromatic carbocycles. The van der Waals surface area contributed by atoms with E-state index in [1.165, 1.54) is 4.31 Å². The van der Waals surface area contributed by atoms with E-state index in [1.54, 1.807) is 6.92 Å². The molecule has 0 aromatic heterocycles. The molecule has 0 amide bonds. The minimum absolute atomic E-state index is 0.00456. The van der Waals surface area contributed by atoms with Gasteiger partial charge in [-0.2, -0.15) is 0 Å². The van der Waals surface area contributed by atoms with Gasteiger partial charge in [0.05, 0.1) is 5.75 Å². The predicted octanol–water partition coefficient (Wildman–Crippen LogP) is 0.00520. The van der Waals surface area contributed by atoms with Gasteiger partial charge in [0, 0.05) is 19.1 Å². The maximum atomic E-state index is 11.5. The highest BCUT2D eigenvalue weighted by Gasteiger charge is 2.29. The number of rotatable bonds is 2. The van der Waals surface area contributed by atoms with Gasteiger partial charge in [0.25, 0.3) is 0 Å². The van der Waals surface area contributed by atoms with Crippen molar-refractivity contribution in [2.24, 2.45) is 11.7 Å². The summed E-state index contributed by atoms with van der Waals surface area (Å²) in [5.74, 6) is 0.608. The van der Waals surface area contributed by atoms with Crippen molar-refractivity contribution in [2.75, 3.05) is 18.8 Å². The van der Waals surface area contributed by atoms with Crippen molar-refractivity contribution in [2.45, 2.75) is 26.3 Å². The monoisotopic (exact) mass is 206 g/mol. The molecular weight excluding hydrogens is 188 g/mol. The Bertz CT molecular complexity index is 263. The first-order chi connectivity index (χ1) is 5.97. The number of hydrogen-bond donors (Lipinski definition) is 1. The predicted molar refractivity (Wildman–Crippen MR) is 52.8 cm³/mol. The average Bonchev–Trinajstić information content (AvgIpc) is 2.09. The van der Waals surface area contributed by atoms with Crippen LogP contribution in [0.4, 0.5) is 0 Å². The van der Waals surface area contributed by atoms with E-state index >= 15 is 0 Å². The van der Waals surface area contributed by atoms with Crippen LogP contribution in [-0.2, 0) is 10.0 Å². The van der Waals surface area contributed by atoms with Gasteiger partial charge in [-0.05, 0) is 19.3 Å². The summed E-state index contributed by atoms with van der Waals surface area (Å²) in [7, 11) is -3.02. The maximum absolute atomic E-state index is 11.5. The molecule has 13 heavy (non-hydrogen) atoms. The molecule has 0 radical (unpaired) electrons. The Morgan fingerprint density at radius 2 is 2.15 bits per heavy atom. The van der Waals surface area contributed by atoms with Crippen LogP contribution in [0.3, 0.4) is 0 Å². The molecule has 1 rings (SSSR count). The summed E-state index contributed by atoms with van der Waals surface area (Å²) in [6.07, 6.45) is 0.875. The molecule has 0 aromatic rings. The van der Waals surface area contributed by atoms with Gasteiger partial charge < -0.3 is 5.73 Å². The lowest BCUT2D eigenvalue weighted by atomic mass is 9.96. The van der Waals surface area contributed by atoms with Crippen LogP contribution in [0.1, 0.15) is 20.3 Å². The molecule has 2 atom stereocenters. The number of nitrogens with two attached hydrogens (primary N) is 1. The fourth-order valence-electron chi connectivity index (χ4n) is 1.50. The van der Waals surface area contributed by atoms with Crippen molar-refractivity contribution < 1.29 is 8.42 Å². The van der Waals surface area contributed by atoms with Crippen molar-refractivity contribution >= 4 is 10.0 Å². The van der Waals surface area contributed by atoms with Gasteiger partial charge in [0.2, 0.25) is 10.0 Å². The lowest BCUT2D eigenvalue weighted by molar-refractivity contribution is 0.253. The smallest absolute Gasteiger partial charge is 0.213 e. The average molecular weight is 206 g/mol. The fourth-order valence-corrected chi connectivity index (χ4v) is 2.65. The maximum Gasteiger partial charge on any atom is 0.213 e. The third-order valence-corrected chi connectivity index (χ3v) is 4.59. The van der Waals surface area contributed by atoms with E-state index in [-0.39, 0.29) is 11.8 Å². The van der Waals surface area contributed by atoms with Gasteiger partial charge in [-0.1, -0.05) is 6.92 Å². The molecule has 2 N–H and O–H groups in total. The number of piperidine rings is 1. The van der Waals surface area contributed by atoms with Gasteiger partial charge in [-0.3, -0.25) is 0 Å². The van der Waals surface area contributed by atoms with E-state index in [4.69, 9.17) is 5.73 Å². The van der Waals surface area contributed by atoms with Crippen LogP contribution in [-0.4, -0.2) is 37.6 Å². The van der Waals surface area contributed by atoms with Crippen molar-refractivity contribution in [3.8, 4) is 0 Å². The van der Waals surface area contributed by atoms with Crippen molar-refractivity contribution in [1.82, 2.24) is 4.31 Å². The van der Waals surface area contributed by atoms with Gasteiger partial charge >= 0.3 is 0 Å². The molecule has 5 heteroatoms. The lowest BCUT2D eigenvalue weighted by Gasteiger charge is -2.33. The van der Waals surface area contributed by atoms with Crippen molar-refractivity contribution in [3.05, 3.63) is 0 Å². The molecule has 1 saturated heterocycles. The van der Waals surface area contributed by atoms with Crippen LogP contribution in [0, 0.1) is 5.92 Å². The molecule has 1 fully saturated rings. The summed E-state index contributed by atoms with van der Waals surface area (Å²) in [4.78, 5) is 0. The first-order valence-electron chi connectivity index (χ1n) is 4.70. The summed E-state index contributed by atoms with van der Waals surface area (Å²) in [5, 5.41) is 0. The van der Waals surface area contributed by atoms with Crippen LogP contribution in [0.25, 0.3) is 0 Å². The van der Waals surface area contributed by atoms with Crippen LogP contribution in [0.5, 0.6) is 0 Å². The quantitative estimate of drug-likeness (QED) is 0.692. The van der Waals surface area contributed by atoms with E-state index in [2.05, 4.69) is 6.92 Å². The molecule has 0 aliphatic carbocycles. The van der Waals surface area contributed by atoms with E-state index in [0.29, 0.717) is 19.0 Å². The summed E-state index contributed by atoms with van der Waals surface area (Å²) in [6.45, 7) is 4.85. The summed E-state index contributed by atoms with van der Waals surface area (Å²) in [6, 6.07) is -0.00456. The minimum atomic E-state index is -3.02. The first-order valence-corrected chi connectivity index (χ1v) is 6.31. The van der Waals surface area contributed by atoms with E-state index in [9.17, 15) is 8.42 Å². The molecule has 1 aliphatic heterocycles. The summed E-state index contributed by atoms with van der Waals surface area (Å²) >= 11 is 0. The largest absolute Gasteiger partial charge is 0.326 e. The van der Waals surface area contributed by atoms with Gasteiger partial charge in [-0.15, -0.1) is 0 Å². The van der Waals surface area contributed by atoms with Crippen LogP contribution in [0.15, 0.2) is 0 Å². The zero-order valence-electron chi connectivity index (χ0n) is 8.23. The zero-order valence-corrected chi connectivity index (χ0v) is 9.05. The van der Waals surface area contributed by atoms with Crippen LogP contribution in [0.2, 0.25) is 0 Å². The Hall–Kier alpha value is -0.130. The SMILES string of the molecule is CCS(=O)(=O)N1CC[C@@H](C)[C@@H](N)C1. The second-order valence-electron chi connectivity index (χ2n) is 3.69. The number of sulfonamides is 1. The highest BCUT2D eigenvalue weighted by molar-refractivity contribution is 7.89. The third-order valence-electron chi connectivity index (χ3n) is 2.74. The topological polar surface area (TPSA) is 63.4 Å². The minimum Gasteiger partial charge on any atom is -0.326 e. The van der Waals surface area contributed by atoms with Gasteiger partial charge in [-0.25, -0.2) is 12.7 Å². The summed E-state index contributed by atoms with van der Waals surface area (Å²) < 4.78 is 24.5. The highest BCUT2D eigenvalue weighted by Crippen LogP contribution is 2.18. The Labute approximate surface area is 80.1 Å². The lowest BCUT2D eigenvalue weighted by Crippen LogP contribution is -2.50. The van der Waals surface area contributed by atoms with Gasteiger partial charge in [0.1, 0.15) is 0 Å². The molecule has 0 spiro atoms. The first kappa shape index (κ1) is 10.9. The van der Waals surface area contributed by atoms with Crippen molar-refractivity contribution in [1.29, 1.82) is 0 Å². The van der Waals surface area contributed by atoms with Crippen LogP contribution < -0.4 is 5.73 Å². The van der Waals surface area contributed by atoms with E-state index in [0.717, 1.165) is 6.42 Å². The van der Waals surface area contributed by atoms with Gasteiger partial charge in [0.15, 0.2) is 0 Å². The Kier molecular flexibility index (Phi) is 3.32. The molecular formula is C8H18N2O2S. The molecule has 78 valence electrons. The number of nitrogens with zero attached hydrogens (tertiary/aromatic N) is 1. The number of hydrogen-bond acceptors (Lipinski definition) is 3. The molecule has 0 bridgehead atoms. The van der Waals surface area contributed by atoms with Crippen LogP contribution >= 0.6 is 0 Å². The molecule has 4 nitrogen and oxygen atoms in total. The van der Waals surface area contributed by atoms with Crippen molar-refractivity contribution in [3.63, 3.8) is 0 Å². The molecule has 0 saturated carbocycles. The normalized spacial score (nSPS) is 31.9. The highest BCUT2D eigenvalue weighted by atomic mass is 32.2. The fraction of sp³-hybridized carbons (Fsp3) is 1.00. The Morgan fingerprint density at radius 3 is 2.62 bits per heavy atom. The Balaban J connectivity index is 2.66. The standard InChI is InChI=1S/C8H18N2O2S/c1-3-13(11,12)10-5-4-7(2)8(9)6-10/h7-8H,3-6,9H2,1-2H3/t7-,8+/m1/s1. The van der Waals surface area contributed by atoms with E-state index < -0.39 is 10.0 Å². The third kappa shape index (κ3) is 2.42. The molecule has 0 unspecified atom stereocenters. The second kappa shape index (κ2) is 3.94. The molecule has 1 heterocycles. The zero-order chi connectivity index (χ0) is 10.1. The van der Waals surface area contributed by atoms with E-state index in [1.807, 2.05) is 0 Å².